The number of benzene rings is 1. The largest absolute Gasteiger partial charge is 0.497 e. The first-order valence-corrected chi connectivity index (χ1v) is 9.11. The van der Waals surface area contributed by atoms with E-state index in [2.05, 4.69) is 4.79 Å². The third-order valence-corrected chi connectivity index (χ3v) is 4.91. The van der Waals surface area contributed by atoms with Gasteiger partial charge in [-0.15, -0.1) is 0 Å². The van der Waals surface area contributed by atoms with Gasteiger partial charge in [0.15, 0.2) is 5.79 Å². The summed E-state index contributed by atoms with van der Waals surface area (Å²) in [4.78, 5) is 29.4. The van der Waals surface area contributed by atoms with Gasteiger partial charge < -0.3 is 29.6 Å². The van der Waals surface area contributed by atoms with Crippen molar-refractivity contribution in [2.24, 2.45) is 0 Å². The van der Waals surface area contributed by atoms with Gasteiger partial charge in [-0.25, -0.2) is 4.79 Å². The molecule has 1 aromatic rings. The normalized spacial score (nSPS) is 27.8. The molecule has 2 aliphatic heterocycles. The van der Waals surface area contributed by atoms with Crippen LogP contribution in [0, 0.1) is 0 Å². The lowest BCUT2D eigenvalue weighted by Gasteiger charge is -2.51. The highest BCUT2D eigenvalue weighted by Crippen LogP contribution is 2.42. The summed E-state index contributed by atoms with van der Waals surface area (Å²) in [6, 6.07) is 5.48. The van der Waals surface area contributed by atoms with Crippen LogP contribution < -0.4 is 9.64 Å². The minimum absolute atomic E-state index is 0.0228. The van der Waals surface area contributed by atoms with Crippen LogP contribution in [0.5, 0.6) is 5.75 Å². The third kappa shape index (κ3) is 3.40. The fourth-order valence-corrected chi connectivity index (χ4v) is 3.60. The Bertz CT molecular complexity index is 863. The zero-order valence-electron chi connectivity index (χ0n) is 16.6. The quantitative estimate of drug-likeness (QED) is 0.240. The van der Waals surface area contributed by atoms with Crippen LogP contribution in [-0.4, -0.2) is 71.3 Å². The molecule has 1 aromatic carbocycles. The van der Waals surface area contributed by atoms with Gasteiger partial charge in [0.25, 0.3) is 11.5 Å². The molecule has 0 spiro atoms. The van der Waals surface area contributed by atoms with Crippen molar-refractivity contribution in [3.8, 4) is 5.75 Å². The fraction of sp³-hybridized carbons (Fsp3) is 0.526. The van der Waals surface area contributed by atoms with E-state index in [1.54, 1.807) is 45.0 Å². The first-order valence-electron chi connectivity index (χ1n) is 9.11. The van der Waals surface area contributed by atoms with Crippen molar-refractivity contribution >= 4 is 23.3 Å². The fourth-order valence-electron chi connectivity index (χ4n) is 3.60. The lowest BCUT2D eigenvalue weighted by molar-refractivity contribution is -0.172. The molecule has 1 N–H and O–H groups in total. The van der Waals surface area contributed by atoms with E-state index in [9.17, 15) is 20.2 Å². The molecular formula is C19H23N3O7. The highest BCUT2D eigenvalue weighted by Gasteiger charge is 2.73. The minimum Gasteiger partial charge on any atom is -0.497 e. The monoisotopic (exact) mass is 405 g/mol. The molecule has 1 amide bonds. The van der Waals surface area contributed by atoms with Crippen molar-refractivity contribution in [1.82, 2.24) is 0 Å². The molecule has 3 rings (SSSR count). The number of methoxy groups -OCH3 is 1. The maximum atomic E-state index is 13.0. The van der Waals surface area contributed by atoms with Crippen molar-refractivity contribution in [1.29, 1.82) is 0 Å². The summed E-state index contributed by atoms with van der Waals surface area (Å²) in [7, 11) is 1.51. The van der Waals surface area contributed by atoms with Gasteiger partial charge in [0.2, 0.25) is 0 Å². The van der Waals surface area contributed by atoms with Crippen molar-refractivity contribution in [2.45, 2.75) is 44.3 Å². The van der Waals surface area contributed by atoms with Gasteiger partial charge in [-0.1, -0.05) is 0 Å². The van der Waals surface area contributed by atoms with E-state index >= 15 is 0 Å². The molecule has 0 saturated carbocycles. The maximum Gasteiger partial charge on any atom is 0.420 e. The van der Waals surface area contributed by atoms with E-state index in [0.29, 0.717) is 11.4 Å². The predicted octanol–water partition coefficient (Wildman–Crippen LogP) is 0.527. The number of anilines is 1. The Balaban J connectivity index is 2.03. The molecule has 2 heterocycles. The summed E-state index contributed by atoms with van der Waals surface area (Å²) in [6.45, 7) is 4.97. The van der Waals surface area contributed by atoms with E-state index in [-0.39, 0.29) is 13.2 Å². The molecular weight excluding hydrogens is 382 g/mol. The average Bonchev–Trinajstić information content (AvgIpc) is 3.05. The Hall–Kier alpha value is -2.78. The number of hydrogen-bond acceptors (Lipinski definition) is 7. The van der Waals surface area contributed by atoms with Crippen molar-refractivity contribution in [3.05, 3.63) is 29.8 Å². The van der Waals surface area contributed by atoms with Crippen LogP contribution in [-0.2, 0) is 23.8 Å². The summed E-state index contributed by atoms with van der Waals surface area (Å²) in [5.41, 5.74) is 6.61. The van der Waals surface area contributed by atoms with Gasteiger partial charge in [0.1, 0.15) is 17.9 Å². The molecule has 29 heavy (non-hydrogen) atoms. The van der Waals surface area contributed by atoms with E-state index in [1.807, 2.05) is 0 Å². The minimum atomic E-state index is -2.44. The van der Waals surface area contributed by atoms with Gasteiger partial charge in [0, 0.05) is 5.69 Å². The molecule has 0 aromatic heterocycles. The van der Waals surface area contributed by atoms with Crippen LogP contribution >= 0.6 is 0 Å². The molecule has 156 valence electrons. The Morgan fingerprint density at radius 1 is 1.38 bits per heavy atom. The summed E-state index contributed by atoms with van der Waals surface area (Å²) in [5.74, 6) is -2.31. The van der Waals surface area contributed by atoms with Crippen LogP contribution in [0.25, 0.3) is 5.53 Å². The van der Waals surface area contributed by atoms with Crippen LogP contribution in [0.2, 0.25) is 0 Å². The molecule has 3 atom stereocenters. The zero-order valence-corrected chi connectivity index (χ0v) is 16.6. The second kappa shape index (κ2) is 7.57. The van der Waals surface area contributed by atoms with Crippen molar-refractivity contribution in [2.75, 3.05) is 25.2 Å². The number of carbonyl (C=O) groups is 2. The second-order valence-corrected chi connectivity index (χ2v) is 7.12. The van der Waals surface area contributed by atoms with E-state index in [4.69, 9.17) is 18.9 Å². The summed E-state index contributed by atoms with van der Waals surface area (Å²) in [6.07, 6.45) is -0.791. The number of β-lactam (4-membered cyclic amide) rings is 1. The van der Waals surface area contributed by atoms with Crippen LogP contribution in [0.15, 0.2) is 24.3 Å². The highest BCUT2D eigenvalue weighted by molar-refractivity contribution is 6.45. The van der Waals surface area contributed by atoms with E-state index in [1.165, 1.54) is 12.0 Å². The number of rotatable bonds is 6. The van der Waals surface area contributed by atoms with Gasteiger partial charge in [-0.2, -0.15) is 4.79 Å². The molecule has 10 nitrogen and oxygen atoms in total. The maximum absolute atomic E-state index is 13.0. The zero-order chi connectivity index (χ0) is 21.4. The van der Waals surface area contributed by atoms with Crippen molar-refractivity contribution < 1.29 is 38.4 Å². The van der Waals surface area contributed by atoms with Crippen LogP contribution in [0.3, 0.4) is 0 Å². The SMILES string of the molecule is CCOC(=O)C(=[N+]=[N-])[C@]1(O)C(=O)N(c2ccc(OC)cc2)[C@H]1C1COC(C)(C)O1. The topological polar surface area (TPSA) is 131 Å². The number of nitrogens with zero attached hydrogens (tertiary/aromatic N) is 3. The van der Waals surface area contributed by atoms with Crippen molar-refractivity contribution in [3.63, 3.8) is 0 Å². The molecule has 1 unspecified atom stereocenters. The molecule has 0 radical (unpaired) electrons. The number of esters is 1. The number of aliphatic hydroxyl groups is 1. The first-order chi connectivity index (χ1) is 13.7. The Morgan fingerprint density at radius 2 is 2.03 bits per heavy atom. The van der Waals surface area contributed by atoms with Gasteiger partial charge in [-0.05, 0) is 45.0 Å². The molecule has 2 fully saturated rings. The standard InChI is InChI=1S/C19H23N3O7/c1-5-27-16(23)14(21-20)19(25)15(13-10-28-18(2,3)29-13)22(17(19)24)11-6-8-12(26-4)9-7-11/h6-9,13,15,25H,5,10H2,1-4H3/t13?,15-,19+/m0/s1. The van der Waals surface area contributed by atoms with Crippen LogP contribution in [0.4, 0.5) is 5.69 Å². The molecule has 2 aliphatic rings. The van der Waals surface area contributed by atoms with E-state index < -0.39 is 41.1 Å². The number of ether oxygens (including phenoxy) is 4. The first kappa shape index (κ1) is 20.9. The summed E-state index contributed by atoms with van der Waals surface area (Å²) in [5, 5.41) is 11.2. The van der Waals surface area contributed by atoms with Gasteiger partial charge in [-0.3, -0.25) is 9.69 Å². The Kier molecular flexibility index (Phi) is 5.46. The Morgan fingerprint density at radius 3 is 2.52 bits per heavy atom. The smallest absolute Gasteiger partial charge is 0.420 e. The average molecular weight is 405 g/mol. The number of amides is 1. The summed E-state index contributed by atoms with van der Waals surface area (Å²) < 4.78 is 21.4. The predicted molar refractivity (Wildman–Crippen MR) is 99.4 cm³/mol. The van der Waals surface area contributed by atoms with Crippen LogP contribution in [0.1, 0.15) is 20.8 Å². The molecule has 10 heteroatoms. The highest BCUT2D eigenvalue weighted by atomic mass is 16.7. The lowest BCUT2D eigenvalue weighted by atomic mass is 9.74. The second-order valence-electron chi connectivity index (χ2n) is 7.12. The number of hydrogen-bond donors (Lipinski definition) is 1. The Labute approximate surface area is 167 Å². The van der Waals surface area contributed by atoms with Gasteiger partial charge in [0.05, 0.1) is 20.3 Å². The molecule has 2 saturated heterocycles. The van der Waals surface area contributed by atoms with Gasteiger partial charge >= 0.3 is 11.7 Å². The number of carbonyl (C=O) groups excluding carboxylic acids is 2. The lowest BCUT2D eigenvalue weighted by Crippen LogP contribution is -2.82. The third-order valence-electron chi connectivity index (χ3n) is 4.91. The summed E-state index contributed by atoms with van der Waals surface area (Å²) >= 11 is 0. The van der Waals surface area contributed by atoms with E-state index in [0.717, 1.165) is 0 Å². The molecule has 0 aliphatic carbocycles. The molecule has 0 bridgehead atoms.